The van der Waals surface area contributed by atoms with E-state index in [9.17, 15) is 4.79 Å². The highest BCUT2D eigenvalue weighted by Gasteiger charge is 2.08. The Hall–Kier alpha value is -1.88. The average Bonchev–Trinajstić information content (AvgIpc) is 2.42. The smallest absolute Gasteiger partial charge is 0.263 e. The van der Waals surface area contributed by atoms with Crippen molar-refractivity contribution in [3.05, 3.63) is 51.6 Å². The molecule has 0 aliphatic rings. The van der Waals surface area contributed by atoms with Crippen molar-refractivity contribution in [2.75, 3.05) is 11.9 Å². The fraction of sp³-hybridized carbons (Fsp3) is 0.250. The van der Waals surface area contributed by atoms with Crippen LogP contribution in [0.15, 0.2) is 34.9 Å². The fourth-order valence-corrected chi connectivity index (χ4v) is 2.17. The lowest BCUT2D eigenvalue weighted by molar-refractivity contribution is -0.118. The Kier molecular flexibility index (Phi) is 4.96. The molecule has 1 aromatic heterocycles. The zero-order valence-electron chi connectivity index (χ0n) is 12.2. The van der Waals surface area contributed by atoms with Crippen LogP contribution in [0.5, 0.6) is 5.75 Å². The monoisotopic (exact) mass is 348 g/mol. The second-order valence-electron chi connectivity index (χ2n) is 4.88. The second kappa shape index (κ2) is 6.72. The van der Waals surface area contributed by atoms with Crippen LogP contribution in [-0.2, 0) is 4.79 Å². The predicted molar refractivity (Wildman–Crippen MR) is 86.7 cm³/mol. The summed E-state index contributed by atoms with van der Waals surface area (Å²) in [5.41, 5.74) is 3.04. The van der Waals surface area contributed by atoms with Gasteiger partial charge in [-0.3, -0.25) is 4.79 Å². The summed E-state index contributed by atoms with van der Waals surface area (Å²) in [5, 5.41) is 2.72. The first-order chi connectivity index (χ1) is 9.97. The molecule has 5 heteroatoms. The number of amides is 1. The summed E-state index contributed by atoms with van der Waals surface area (Å²) < 4.78 is 6.52. The molecule has 1 aromatic carbocycles. The molecule has 0 saturated heterocycles. The molecule has 1 heterocycles. The lowest BCUT2D eigenvalue weighted by Crippen LogP contribution is -2.21. The molecule has 1 N–H and O–H groups in total. The maximum Gasteiger partial charge on any atom is 0.263 e. The second-order valence-corrected chi connectivity index (χ2v) is 5.73. The Morgan fingerprint density at radius 1 is 1.24 bits per heavy atom. The summed E-state index contributed by atoms with van der Waals surface area (Å²) in [7, 11) is 0. The van der Waals surface area contributed by atoms with Gasteiger partial charge in [-0.2, -0.15) is 0 Å². The van der Waals surface area contributed by atoms with E-state index in [1.165, 1.54) is 0 Å². The van der Waals surface area contributed by atoms with Gasteiger partial charge in [0.2, 0.25) is 0 Å². The van der Waals surface area contributed by atoms with Gasteiger partial charge in [-0.05, 0) is 59.5 Å². The minimum atomic E-state index is -0.230. The number of para-hydroxylation sites is 1. The van der Waals surface area contributed by atoms with Crippen LogP contribution in [0.4, 0.5) is 5.82 Å². The predicted octanol–water partition coefficient (Wildman–Crippen LogP) is 3.79. The van der Waals surface area contributed by atoms with E-state index in [-0.39, 0.29) is 12.5 Å². The summed E-state index contributed by atoms with van der Waals surface area (Å²) in [5.74, 6) is 1.05. The largest absolute Gasteiger partial charge is 0.483 e. The first-order valence-electron chi connectivity index (χ1n) is 6.58. The number of carbonyl (C=O) groups is 1. The number of carbonyl (C=O) groups excluding carboxylic acids is 1. The zero-order valence-corrected chi connectivity index (χ0v) is 13.8. The fourth-order valence-electron chi connectivity index (χ4n) is 1.95. The Morgan fingerprint density at radius 3 is 2.52 bits per heavy atom. The molecule has 0 radical (unpaired) electrons. The number of hydrogen-bond acceptors (Lipinski definition) is 3. The van der Waals surface area contributed by atoms with E-state index in [4.69, 9.17) is 4.74 Å². The number of halogens is 1. The van der Waals surface area contributed by atoms with Crippen LogP contribution in [0.3, 0.4) is 0 Å². The van der Waals surface area contributed by atoms with Gasteiger partial charge < -0.3 is 10.1 Å². The topological polar surface area (TPSA) is 51.2 Å². The van der Waals surface area contributed by atoms with E-state index >= 15 is 0 Å². The highest BCUT2D eigenvalue weighted by molar-refractivity contribution is 9.10. The van der Waals surface area contributed by atoms with Crippen molar-refractivity contribution in [1.29, 1.82) is 0 Å². The van der Waals surface area contributed by atoms with E-state index in [0.717, 1.165) is 26.9 Å². The third-order valence-corrected chi connectivity index (χ3v) is 3.90. The van der Waals surface area contributed by atoms with Gasteiger partial charge in [-0.15, -0.1) is 0 Å². The van der Waals surface area contributed by atoms with Crippen molar-refractivity contribution >= 4 is 27.7 Å². The van der Waals surface area contributed by atoms with Crippen molar-refractivity contribution in [1.82, 2.24) is 4.98 Å². The highest BCUT2D eigenvalue weighted by atomic mass is 79.9. The number of rotatable bonds is 4. The molecule has 0 unspecified atom stereocenters. The summed E-state index contributed by atoms with van der Waals surface area (Å²) >= 11 is 3.37. The van der Waals surface area contributed by atoms with Crippen molar-refractivity contribution in [3.63, 3.8) is 0 Å². The Balaban J connectivity index is 1.97. The number of anilines is 1. The Labute approximate surface area is 132 Å². The van der Waals surface area contributed by atoms with Gasteiger partial charge in [-0.25, -0.2) is 4.98 Å². The number of nitrogens with zero attached hydrogens (tertiary/aromatic N) is 1. The Morgan fingerprint density at radius 2 is 1.90 bits per heavy atom. The van der Waals surface area contributed by atoms with E-state index in [0.29, 0.717) is 5.82 Å². The molecule has 110 valence electrons. The van der Waals surface area contributed by atoms with E-state index in [1.807, 2.05) is 39.0 Å². The van der Waals surface area contributed by atoms with Crippen molar-refractivity contribution in [3.8, 4) is 5.75 Å². The molecule has 1 amide bonds. The van der Waals surface area contributed by atoms with Crippen LogP contribution >= 0.6 is 15.9 Å². The number of nitrogens with one attached hydrogen (secondary N) is 1. The van der Waals surface area contributed by atoms with Crippen LogP contribution in [0.1, 0.15) is 16.7 Å². The van der Waals surface area contributed by atoms with Gasteiger partial charge in [0.05, 0.1) is 0 Å². The molecule has 0 aliphatic carbocycles. The molecule has 0 spiro atoms. The zero-order chi connectivity index (χ0) is 15.4. The summed E-state index contributed by atoms with van der Waals surface area (Å²) in [6.45, 7) is 5.82. The summed E-state index contributed by atoms with van der Waals surface area (Å²) in [4.78, 5) is 16.1. The van der Waals surface area contributed by atoms with Crippen LogP contribution in [0.25, 0.3) is 0 Å². The molecule has 0 bridgehead atoms. The first kappa shape index (κ1) is 15.5. The number of ether oxygens (including phenoxy) is 1. The summed E-state index contributed by atoms with van der Waals surface area (Å²) in [6.07, 6.45) is 1.66. The van der Waals surface area contributed by atoms with E-state index < -0.39 is 0 Å². The van der Waals surface area contributed by atoms with Crippen LogP contribution in [0, 0.1) is 20.8 Å². The first-order valence-corrected chi connectivity index (χ1v) is 7.37. The van der Waals surface area contributed by atoms with Crippen molar-refractivity contribution in [2.24, 2.45) is 0 Å². The van der Waals surface area contributed by atoms with Gasteiger partial charge in [0, 0.05) is 10.7 Å². The van der Waals surface area contributed by atoms with E-state index in [1.54, 1.807) is 12.3 Å². The van der Waals surface area contributed by atoms with Gasteiger partial charge >= 0.3 is 0 Å². The quantitative estimate of drug-likeness (QED) is 0.914. The maximum atomic E-state index is 11.9. The normalized spacial score (nSPS) is 10.3. The minimum absolute atomic E-state index is 0.0392. The Bertz CT molecular complexity index is 651. The molecular formula is C16H17BrN2O2. The average molecular weight is 349 g/mol. The molecule has 0 atom stereocenters. The number of aromatic nitrogens is 1. The number of pyridine rings is 1. The standard InChI is InChI=1S/C16H17BrN2O2/c1-10-5-4-6-11(2)16(10)21-9-15(20)19-14-7-12(3)13(17)8-18-14/h4-8H,9H2,1-3H3,(H,18,19,20). The van der Waals surface area contributed by atoms with Gasteiger partial charge in [-0.1, -0.05) is 18.2 Å². The van der Waals surface area contributed by atoms with Crippen molar-refractivity contribution in [2.45, 2.75) is 20.8 Å². The molecule has 2 rings (SSSR count). The number of aryl methyl sites for hydroxylation is 3. The highest BCUT2D eigenvalue weighted by Crippen LogP contribution is 2.22. The molecule has 0 fully saturated rings. The number of hydrogen-bond donors (Lipinski definition) is 1. The SMILES string of the molecule is Cc1cc(NC(=O)COc2c(C)cccc2C)ncc1Br. The third-order valence-electron chi connectivity index (χ3n) is 3.07. The molecule has 4 nitrogen and oxygen atoms in total. The minimum Gasteiger partial charge on any atom is -0.483 e. The lowest BCUT2D eigenvalue weighted by atomic mass is 10.1. The van der Waals surface area contributed by atoms with Gasteiger partial charge in [0.25, 0.3) is 5.91 Å². The van der Waals surface area contributed by atoms with Crippen LogP contribution < -0.4 is 10.1 Å². The van der Waals surface area contributed by atoms with Gasteiger partial charge in [0.15, 0.2) is 6.61 Å². The van der Waals surface area contributed by atoms with Crippen LogP contribution in [-0.4, -0.2) is 17.5 Å². The number of benzene rings is 1. The van der Waals surface area contributed by atoms with Crippen molar-refractivity contribution < 1.29 is 9.53 Å². The lowest BCUT2D eigenvalue weighted by Gasteiger charge is -2.12. The molecule has 21 heavy (non-hydrogen) atoms. The summed E-state index contributed by atoms with van der Waals surface area (Å²) in [6, 6.07) is 7.69. The van der Waals surface area contributed by atoms with Crippen LogP contribution in [0.2, 0.25) is 0 Å². The maximum absolute atomic E-state index is 11.9. The van der Waals surface area contributed by atoms with Gasteiger partial charge in [0.1, 0.15) is 11.6 Å². The molecule has 0 aliphatic heterocycles. The molecule has 2 aromatic rings. The third kappa shape index (κ3) is 4.04. The molecular weight excluding hydrogens is 332 g/mol. The molecule has 0 saturated carbocycles. The van der Waals surface area contributed by atoms with E-state index in [2.05, 4.69) is 26.2 Å².